The third kappa shape index (κ3) is 4.91. The van der Waals surface area contributed by atoms with E-state index in [1.807, 2.05) is 43.3 Å². The highest BCUT2D eigenvalue weighted by atomic mass is 32.1. The third-order valence-electron chi connectivity index (χ3n) is 6.26. The molecule has 10 heteroatoms. The second-order valence-electron chi connectivity index (χ2n) is 8.74. The average molecular weight is 538 g/mol. The standard InChI is InChI=1S/C28H31N3O6S/c1-8-37-27(33)24-16(2)29-28-31(25(24)17-9-11-19(12-10-17)30(3)4)26(32)23(38-28)14-18-13-21(35-6)22(36-7)15-20(18)34-5/h9-15,25H,8H2,1-7H3/t25-/m0/s1. The molecule has 3 aromatic rings. The number of ether oxygens (including phenoxy) is 4. The fourth-order valence-corrected chi connectivity index (χ4v) is 5.41. The predicted molar refractivity (Wildman–Crippen MR) is 147 cm³/mol. The Morgan fingerprint density at radius 1 is 1.05 bits per heavy atom. The Bertz CT molecular complexity index is 1570. The maximum Gasteiger partial charge on any atom is 0.338 e. The first-order valence-electron chi connectivity index (χ1n) is 12.0. The number of nitrogens with zero attached hydrogens (tertiary/aromatic N) is 3. The SMILES string of the molecule is CCOC(=O)C1=C(C)N=c2sc(=Cc3cc(OC)c(OC)cc3OC)c(=O)n2[C@H]1c1ccc(N(C)C)cc1. The lowest BCUT2D eigenvalue weighted by Gasteiger charge is -2.25. The number of aromatic nitrogens is 1. The summed E-state index contributed by atoms with van der Waals surface area (Å²) in [6.07, 6.45) is 1.74. The van der Waals surface area contributed by atoms with Crippen molar-refractivity contribution in [1.82, 2.24) is 4.57 Å². The van der Waals surface area contributed by atoms with Gasteiger partial charge in [0.1, 0.15) is 5.75 Å². The highest BCUT2D eigenvalue weighted by Crippen LogP contribution is 2.35. The van der Waals surface area contributed by atoms with E-state index in [0.29, 0.717) is 43.4 Å². The van der Waals surface area contributed by atoms with Gasteiger partial charge in [-0.25, -0.2) is 9.79 Å². The Kier molecular flexibility index (Phi) is 7.91. The Morgan fingerprint density at radius 2 is 1.68 bits per heavy atom. The molecule has 0 fully saturated rings. The summed E-state index contributed by atoms with van der Waals surface area (Å²) in [7, 11) is 8.54. The summed E-state index contributed by atoms with van der Waals surface area (Å²) in [6, 6.07) is 10.5. The van der Waals surface area contributed by atoms with Crippen molar-refractivity contribution in [3.8, 4) is 17.2 Å². The van der Waals surface area contributed by atoms with Crippen LogP contribution in [0.1, 0.15) is 31.0 Å². The topological polar surface area (TPSA) is 91.6 Å². The van der Waals surface area contributed by atoms with Crippen LogP contribution >= 0.6 is 11.3 Å². The maximum atomic E-state index is 13.9. The molecule has 0 N–H and O–H groups in total. The van der Waals surface area contributed by atoms with Gasteiger partial charge in [0.15, 0.2) is 16.3 Å². The van der Waals surface area contributed by atoms with Gasteiger partial charge in [-0.15, -0.1) is 0 Å². The molecule has 1 aliphatic rings. The van der Waals surface area contributed by atoms with Gasteiger partial charge in [-0.1, -0.05) is 23.5 Å². The molecule has 4 rings (SSSR count). The first-order chi connectivity index (χ1) is 18.2. The lowest BCUT2D eigenvalue weighted by atomic mass is 9.95. The van der Waals surface area contributed by atoms with E-state index in [2.05, 4.69) is 4.99 Å². The van der Waals surface area contributed by atoms with Gasteiger partial charge in [0, 0.05) is 31.4 Å². The Morgan fingerprint density at radius 3 is 2.26 bits per heavy atom. The number of hydrogen-bond acceptors (Lipinski definition) is 9. The number of carbonyl (C=O) groups excluding carboxylic acids is 1. The lowest BCUT2D eigenvalue weighted by molar-refractivity contribution is -0.139. The van der Waals surface area contributed by atoms with Crippen molar-refractivity contribution in [1.29, 1.82) is 0 Å². The van der Waals surface area contributed by atoms with Crippen LogP contribution in [0.2, 0.25) is 0 Å². The molecule has 2 aromatic carbocycles. The summed E-state index contributed by atoms with van der Waals surface area (Å²) in [5, 5.41) is 0. The highest BCUT2D eigenvalue weighted by molar-refractivity contribution is 7.07. The molecule has 0 bridgehead atoms. The zero-order valence-electron chi connectivity index (χ0n) is 22.5. The molecule has 38 heavy (non-hydrogen) atoms. The molecule has 1 aromatic heterocycles. The fourth-order valence-electron chi connectivity index (χ4n) is 4.37. The molecular weight excluding hydrogens is 506 g/mol. The number of rotatable bonds is 8. The van der Waals surface area contributed by atoms with Crippen molar-refractivity contribution < 1.29 is 23.7 Å². The van der Waals surface area contributed by atoms with Gasteiger partial charge < -0.3 is 23.8 Å². The quantitative estimate of drug-likeness (QED) is 0.408. The summed E-state index contributed by atoms with van der Waals surface area (Å²) < 4.78 is 23.7. The highest BCUT2D eigenvalue weighted by Gasteiger charge is 2.33. The van der Waals surface area contributed by atoms with E-state index in [0.717, 1.165) is 11.3 Å². The van der Waals surface area contributed by atoms with Gasteiger partial charge in [0.05, 0.1) is 49.8 Å². The molecule has 0 radical (unpaired) electrons. The van der Waals surface area contributed by atoms with Crippen molar-refractivity contribution >= 4 is 29.1 Å². The largest absolute Gasteiger partial charge is 0.496 e. The second-order valence-corrected chi connectivity index (χ2v) is 9.75. The van der Waals surface area contributed by atoms with Crippen molar-refractivity contribution in [3.63, 3.8) is 0 Å². The zero-order valence-corrected chi connectivity index (χ0v) is 23.3. The molecule has 0 amide bonds. The van der Waals surface area contributed by atoms with Crippen molar-refractivity contribution in [2.24, 2.45) is 4.99 Å². The number of thiazole rings is 1. The minimum atomic E-state index is -0.684. The van der Waals surface area contributed by atoms with E-state index in [-0.39, 0.29) is 12.2 Å². The van der Waals surface area contributed by atoms with E-state index in [1.54, 1.807) is 58.0 Å². The molecule has 2 heterocycles. The average Bonchev–Trinajstić information content (AvgIpc) is 3.21. The number of carbonyl (C=O) groups is 1. The van der Waals surface area contributed by atoms with Gasteiger partial charge in [-0.2, -0.15) is 0 Å². The van der Waals surface area contributed by atoms with Crippen LogP contribution in [0.5, 0.6) is 17.2 Å². The van der Waals surface area contributed by atoms with E-state index in [1.165, 1.54) is 11.3 Å². The summed E-state index contributed by atoms with van der Waals surface area (Å²) in [5.74, 6) is 1.05. The predicted octanol–water partition coefficient (Wildman–Crippen LogP) is 2.89. The molecule has 200 valence electrons. The van der Waals surface area contributed by atoms with Gasteiger partial charge in [-0.3, -0.25) is 9.36 Å². The monoisotopic (exact) mass is 537 g/mol. The number of allylic oxidation sites excluding steroid dienone is 1. The maximum absolute atomic E-state index is 13.9. The van der Waals surface area contributed by atoms with Crippen LogP contribution in [-0.2, 0) is 9.53 Å². The van der Waals surface area contributed by atoms with Crippen LogP contribution < -0.4 is 34.0 Å². The van der Waals surface area contributed by atoms with Crippen LogP contribution in [0.25, 0.3) is 6.08 Å². The molecule has 1 aliphatic heterocycles. The van der Waals surface area contributed by atoms with Gasteiger partial charge in [0.2, 0.25) is 0 Å². The Hall–Kier alpha value is -4.05. The third-order valence-corrected chi connectivity index (χ3v) is 7.25. The number of benzene rings is 2. The second kappa shape index (κ2) is 11.1. The van der Waals surface area contributed by atoms with Gasteiger partial charge in [0.25, 0.3) is 5.56 Å². The molecule has 1 atom stereocenters. The summed E-state index contributed by atoms with van der Waals surface area (Å²) in [5.41, 5.74) is 3.00. The smallest absolute Gasteiger partial charge is 0.338 e. The summed E-state index contributed by atoms with van der Waals surface area (Å²) in [4.78, 5) is 34.1. The van der Waals surface area contributed by atoms with E-state index in [4.69, 9.17) is 18.9 Å². The molecule has 9 nitrogen and oxygen atoms in total. The van der Waals surface area contributed by atoms with Gasteiger partial charge >= 0.3 is 5.97 Å². The van der Waals surface area contributed by atoms with Crippen molar-refractivity contribution in [3.05, 3.63) is 78.5 Å². The number of methoxy groups -OCH3 is 3. The first-order valence-corrected chi connectivity index (χ1v) is 12.8. The number of esters is 1. The minimum absolute atomic E-state index is 0.214. The Balaban J connectivity index is 1.95. The zero-order chi connectivity index (χ0) is 27.6. The fraction of sp³-hybridized carbons (Fsp3) is 0.321. The number of hydrogen-bond donors (Lipinski definition) is 0. The molecule has 0 aliphatic carbocycles. The molecule has 0 unspecified atom stereocenters. The first kappa shape index (κ1) is 27.0. The van der Waals surface area contributed by atoms with Crippen LogP contribution in [0.4, 0.5) is 5.69 Å². The van der Waals surface area contributed by atoms with Crippen LogP contribution in [0.15, 0.2) is 57.5 Å². The lowest BCUT2D eigenvalue weighted by Crippen LogP contribution is -2.40. The summed E-state index contributed by atoms with van der Waals surface area (Å²) in [6.45, 7) is 3.73. The normalized spacial score (nSPS) is 15.0. The van der Waals surface area contributed by atoms with Crippen molar-refractivity contribution in [2.75, 3.05) is 46.9 Å². The Labute approximate surface area is 224 Å². The minimum Gasteiger partial charge on any atom is -0.496 e. The van der Waals surface area contributed by atoms with E-state index >= 15 is 0 Å². The molecular formula is C28H31N3O6S. The summed E-state index contributed by atoms with van der Waals surface area (Å²) >= 11 is 1.24. The number of anilines is 1. The molecule has 0 saturated heterocycles. The van der Waals surface area contributed by atoms with Crippen molar-refractivity contribution in [2.45, 2.75) is 19.9 Å². The molecule has 0 saturated carbocycles. The van der Waals surface area contributed by atoms with Gasteiger partial charge in [-0.05, 0) is 43.7 Å². The van der Waals surface area contributed by atoms with Crippen LogP contribution in [0, 0.1) is 0 Å². The molecule has 0 spiro atoms. The van der Waals surface area contributed by atoms with E-state index < -0.39 is 12.0 Å². The van der Waals surface area contributed by atoms with E-state index in [9.17, 15) is 9.59 Å². The number of fused-ring (bicyclic) bond motifs is 1. The van der Waals surface area contributed by atoms with Crippen LogP contribution in [0.3, 0.4) is 0 Å². The van der Waals surface area contributed by atoms with Crippen LogP contribution in [-0.4, -0.2) is 52.6 Å².